The highest BCUT2D eigenvalue weighted by molar-refractivity contribution is 6.03. The molecule has 1 aliphatic carbocycles. The van der Waals surface area contributed by atoms with Gasteiger partial charge in [0, 0.05) is 36.4 Å². The van der Waals surface area contributed by atoms with Gasteiger partial charge >= 0.3 is 5.97 Å². The summed E-state index contributed by atoms with van der Waals surface area (Å²) in [4.78, 5) is 26.1. The zero-order valence-electron chi connectivity index (χ0n) is 18.6. The van der Waals surface area contributed by atoms with E-state index in [1.54, 1.807) is 12.1 Å². The number of benzene rings is 1. The summed E-state index contributed by atoms with van der Waals surface area (Å²) in [6.45, 7) is 2.22. The van der Waals surface area contributed by atoms with E-state index in [-0.39, 0.29) is 19.0 Å². The van der Waals surface area contributed by atoms with E-state index >= 15 is 0 Å². The molecule has 168 valence electrons. The summed E-state index contributed by atoms with van der Waals surface area (Å²) in [6.07, 6.45) is 1.95. The predicted molar refractivity (Wildman–Crippen MR) is 113 cm³/mol. The first kappa shape index (κ1) is 22.7. The second-order valence-electron chi connectivity index (χ2n) is 7.35. The van der Waals surface area contributed by atoms with E-state index in [2.05, 4.69) is 5.32 Å². The lowest BCUT2D eigenvalue weighted by Crippen LogP contribution is -2.34. The van der Waals surface area contributed by atoms with Crippen molar-refractivity contribution in [3.05, 3.63) is 40.2 Å². The van der Waals surface area contributed by atoms with E-state index in [1.165, 1.54) is 28.4 Å². The molecule has 31 heavy (non-hydrogen) atoms. The molecule has 0 fully saturated rings. The summed E-state index contributed by atoms with van der Waals surface area (Å²) in [6, 6.07) is 3.55. The van der Waals surface area contributed by atoms with Gasteiger partial charge in [0.05, 0.1) is 33.5 Å². The molecule has 1 aromatic rings. The van der Waals surface area contributed by atoms with Crippen molar-refractivity contribution >= 4 is 11.8 Å². The van der Waals surface area contributed by atoms with Crippen LogP contribution in [-0.2, 0) is 19.1 Å². The van der Waals surface area contributed by atoms with Crippen LogP contribution in [0.3, 0.4) is 0 Å². The fourth-order valence-electron chi connectivity index (χ4n) is 4.15. The molecule has 0 radical (unpaired) electrons. The third kappa shape index (κ3) is 4.39. The van der Waals surface area contributed by atoms with Crippen LogP contribution in [0.15, 0.2) is 34.7 Å². The second kappa shape index (κ2) is 9.87. The number of ketones is 1. The first-order chi connectivity index (χ1) is 15.0. The van der Waals surface area contributed by atoms with E-state index in [0.29, 0.717) is 46.1 Å². The molecule has 0 amide bonds. The van der Waals surface area contributed by atoms with Crippen molar-refractivity contribution in [2.24, 2.45) is 0 Å². The highest BCUT2D eigenvalue weighted by Crippen LogP contribution is 2.47. The number of carbonyl (C=O) groups excluding carboxylic acids is 2. The van der Waals surface area contributed by atoms with Crippen LogP contribution in [0.2, 0.25) is 0 Å². The van der Waals surface area contributed by atoms with Gasteiger partial charge in [-0.25, -0.2) is 4.79 Å². The van der Waals surface area contributed by atoms with Gasteiger partial charge in [-0.2, -0.15) is 0 Å². The fraction of sp³-hybridized carbons (Fsp3) is 0.478. The summed E-state index contributed by atoms with van der Waals surface area (Å²) in [5, 5.41) is 3.27. The number of esters is 1. The highest BCUT2D eigenvalue weighted by atomic mass is 16.6. The van der Waals surface area contributed by atoms with Crippen LogP contribution in [0.4, 0.5) is 0 Å². The molecule has 8 heteroatoms. The average Bonchev–Trinajstić information content (AvgIpc) is 2.77. The van der Waals surface area contributed by atoms with Gasteiger partial charge in [-0.3, -0.25) is 4.79 Å². The van der Waals surface area contributed by atoms with Gasteiger partial charge in [0.25, 0.3) is 0 Å². The van der Waals surface area contributed by atoms with E-state index in [0.717, 1.165) is 18.5 Å². The number of ether oxygens (including phenoxy) is 5. The molecule has 1 heterocycles. The SMILES string of the molecule is COCCOC(=O)C1=C(C)NC2=C(C(=O)CCC2)[C@@H]1c1cc(OC)c(OC)c(OC)c1. The summed E-state index contributed by atoms with van der Waals surface area (Å²) < 4.78 is 26.9. The smallest absolute Gasteiger partial charge is 0.336 e. The maximum Gasteiger partial charge on any atom is 0.336 e. The van der Waals surface area contributed by atoms with Crippen LogP contribution in [0.5, 0.6) is 17.2 Å². The zero-order chi connectivity index (χ0) is 22.5. The van der Waals surface area contributed by atoms with Gasteiger partial charge in [0.1, 0.15) is 6.61 Å². The van der Waals surface area contributed by atoms with E-state index in [9.17, 15) is 9.59 Å². The molecular weight excluding hydrogens is 402 g/mol. The Morgan fingerprint density at radius 2 is 1.71 bits per heavy atom. The minimum Gasteiger partial charge on any atom is -0.493 e. The molecule has 1 atom stereocenters. The molecule has 8 nitrogen and oxygen atoms in total. The van der Waals surface area contributed by atoms with Gasteiger partial charge in [0.15, 0.2) is 17.3 Å². The van der Waals surface area contributed by atoms with Crippen molar-refractivity contribution in [2.75, 3.05) is 41.7 Å². The van der Waals surface area contributed by atoms with Crippen LogP contribution in [0.25, 0.3) is 0 Å². The standard InChI is InChI=1S/C23H29NO7/c1-13-19(23(26)31-10-9-27-2)20(21-15(24-13)7-6-8-16(21)25)14-11-17(28-3)22(30-5)18(12-14)29-4/h11-12,20,24H,6-10H2,1-5H3/t20-/m1/s1. The van der Waals surface area contributed by atoms with Crippen LogP contribution in [0.1, 0.15) is 37.7 Å². The van der Waals surface area contributed by atoms with Crippen molar-refractivity contribution in [3.8, 4) is 17.2 Å². The van der Waals surface area contributed by atoms with Gasteiger partial charge in [-0.15, -0.1) is 0 Å². The molecule has 2 aliphatic rings. The largest absolute Gasteiger partial charge is 0.493 e. The summed E-state index contributed by atoms with van der Waals surface area (Å²) in [5.41, 5.74) is 3.18. The Labute approximate surface area is 182 Å². The van der Waals surface area contributed by atoms with Gasteiger partial charge in [0.2, 0.25) is 5.75 Å². The number of Topliss-reactive ketones (excluding diaryl/α,β-unsaturated/α-hetero) is 1. The molecular formula is C23H29NO7. The Hall–Kier alpha value is -3.00. The van der Waals surface area contributed by atoms with E-state index in [1.807, 2.05) is 6.92 Å². The lowest BCUT2D eigenvalue weighted by Gasteiger charge is -2.34. The lowest BCUT2D eigenvalue weighted by atomic mass is 9.75. The molecule has 0 saturated carbocycles. The lowest BCUT2D eigenvalue weighted by molar-refractivity contribution is -0.140. The Kier molecular flexibility index (Phi) is 7.22. The minimum atomic E-state index is -0.604. The maximum absolute atomic E-state index is 13.1. The average molecular weight is 431 g/mol. The van der Waals surface area contributed by atoms with Crippen molar-refractivity contribution < 1.29 is 33.3 Å². The van der Waals surface area contributed by atoms with Crippen LogP contribution in [-0.4, -0.2) is 53.4 Å². The third-order valence-corrected chi connectivity index (χ3v) is 5.54. The first-order valence-corrected chi connectivity index (χ1v) is 10.2. The number of carbonyl (C=O) groups is 2. The Bertz CT molecular complexity index is 907. The number of rotatable bonds is 8. The molecule has 0 unspecified atom stereocenters. The molecule has 1 aliphatic heterocycles. The highest BCUT2D eigenvalue weighted by Gasteiger charge is 2.39. The van der Waals surface area contributed by atoms with Crippen LogP contribution >= 0.6 is 0 Å². The van der Waals surface area contributed by atoms with Crippen molar-refractivity contribution in [1.82, 2.24) is 5.32 Å². The first-order valence-electron chi connectivity index (χ1n) is 10.2. The summed E-state index contributed by atoms with van der Waals surface area (Å²) in [5.74, 6) is 0.258. The third-order valence-electron chi connectivity index (χ3n) is 5.54. The molecule has 0 saturated heterocycles. The maximum atomic E-state index is 13.1. The van der Waals surface area contributed by atoms with Crippen molar-refractivity contribution in [3.63, 3.8) is 0 Å². The molecule has 0 aromatic heterocycles. The predicted octanol–water partition coefficient (Wildman–Crippen LogP) is 2.87. The molecule has 3 rings (SSSR count). The second-order valence-corrected chi connectivity index (χ2v) is 7.35. The van der Waals surface area contributed by atoms with Crippen LogP contribution < -0.4 is 19.5 Å². The molecule has 1 N–H and O–H groups in total. The monoisotopic (exact) mass is 431 g/mol. The van der Waals surface area contributed by atoms with Crippen LogP contribution in [0, 0.1) is 0 Å². The minimum absolute atomic E-state index is 0.0159. The number of hydrogen-bond acceptors (Lipinski definition) is 8. The Balaban J connectivity index is 2.17. The normalized spacial score (nSPS) is 18.4. The topological polar surface area (TPSA) is 92.3 Å². The summed E-state index contributed by atoms with van der Waals surface area (Å²) >= 11 is 0. The Morgan fingerprint density at radius 3 is 2.29 bits per heavy atom. The summed E-state index contributed by atoms with van der Waals surface area (Å²) in [7, 11) is 6.12. The number of methoxy groups -OCH3 is 4. The molecule has 0 spiro atoms. The fourth-order valence-corrected chi connectivity index (χ4v) is 4.15. The number of dihydropyridines is 1. The van der Waals surface area contributed by atoms with E-state index < -0.39 is 11.9 Å². The molecule has 0 bridgehead atoms. The quantitative estimate of drug-likeness (QED) is 0.496. The van der Waals surface area contributed by atoms with Gasteiger partial charge in [-0.1, -0.05) is 0 Å². The van der Waals surface area contributed by atoms with Crippen molar-refractivity contribution in [1.29, 1.82) is 0 Å². The number of allylic oxidation sites excluding steroid dienone is 3. The zero-order valence-corrected chi connectivity index (χ0v) is 18.6. The molecule has 1 aromatic carbocycles. The van der Waals surface area contributed by atoms with Gasteiger partial charge in [-0.05, 0) is 37.5 Å². The Morgan fingerprint density at radius 1 is 1.03 bits per heavy atom. The van der Waals surface area contributed by atoms with Gasteiger partial charge < -0.3 is 29.0 Å². The van der Waals surface area contributed by atoms with Crippen molar-refractivity contribution in [2.45, 2.75) is 32.1 Å². The van der Waals surface area contributed by atoms with E-state index in [4.69, 9.17) is 23.7 Å². The number of nitrogens with one attached hydrogen (secondary N) is 1. The number of hydrogen-bond donors (Lipinski definition) is 1.